The number of hydrogen-bond donors (Lipinski definition) is 1. The maximum atomic E-state index is 12.4. The topological polar surface area (TPSA) is 107 Å². The van der Waals surface area contributed by atoms with E-state index >= 15 is 0 Å². The second-order valence-electron chi connectivity index (χ2n) is 6.39. The number of nitrogens with two attached hydrogens (primary N) is 1. The molecule has 0 radical (unpaired) electrons. The molecule has 1 aliphatic rings. The number of methoxy groups -OCH3 is 2. The molecule has 1 saturated heterocycles. The van der Waals surface area contributed by atoms with Gasteiger partial charge in [-0.25, -0.2) is 4.98 Å². The van der Waals surface area contributed by atoms with Crippen molar-refractivity contribution < 1.29 is 31.1 Å². The Balaban J connectivity index is 0.00000240. The van der Waals surface area contributed by atoms with Gasteiger partial charge in [-0.2, -0.15) is 4.98 Å². The van der Waals surface area contributed by atoms with Crippen molar-refractivity contribution in [1.29, 1.82) is 0 Å². The van der Waals surface area contributed by atoms with Crippen LogP contribution >= 0.6 is 0 Å². The Morgan fingerprint density at radius 3 is 2.41 bits per heavy atom. The van der Waals surface area contributed by atoms with Crippen molar-refractivity contribution in [2.24, 2.45) is 0 Å². The summed E-state index contributed by atoms with van der Waals surface area (Å²) >= 11 is 0. The number of carbonyl (C=O) groups is 1. The molecule has 0 aliphatic carbocycles. The molecule has 1 fully saturated rings. The van der Waals surface area contributed by atoms with Crippen LogP contribution in [-0.2, 0) is 0 Å². The Kier molecular flexibility index (Phi) is 5.97. The lowest BCUT2D eigenvalue weighted by molar-refractivity contribution is -0.0000161. The number of carbonyl (C=O) groups excluding carboxylic acids is 1. The van der Waals surface area contributed by atoms with Gasteiger partial charge in [-0.15, -0.1) is 0 Å². The highest BCUT2D eigenvalue weighted by Gasteiger charge is 2.25. The minimum Gasteiger partial charge on any atom is -1.00 e. The summed E-state index contributed by atoms with van der Waals surface area (Å²) < 4.78 is 15.9. The maximum Gasteiger partial charge on any atom is 0.289 e. The van der Waals surface area contributed by atoms with Crippen LogP contribution in [0.5, 0.6) is 11.5 Å². The lowest BCUT2D eigenvalue weighted by Crippen LogP contribution is -3.00. The van der Waals surface area contributed by atoms with E-state index in [4.69, 9.17) is 19.6 Å². The summed E-state index contributed by atoms with van der Waals surface area (Å²) in [4.78, 5) is 25.3. The molecule has 0 saturated carbocycles. The standard InChI is InChI=1S/C19H21N5O4.ClH/c1-26-15-10-12-13(11-16(15)27-2)21-19(22-17(12)20)24-7-5-23(6-8-24)18(25)14-4-3-9-28-14;/h3-4,9-11H,5-8H2,1-2H3,(H2,20,21,22);1H/p-1. The van der Waals surface area contributed by atoms with Crippen molar-refractivity contribution in [1.82, 2.24) is 14.9 Å². The van der Waals surface area contributed by atoms with E-state index in [0.717, 1.165) is 0 Å². The predicted octanol–water partition coefficient (Wildman–Crippen LogP) is -1.21. The van der Waals surface area contributed by atoms with Crippen molar-refractivity contribution in [2.75, 3.05) is 51.0 Å². The quantitative estimate of drug-likeness (QED) is 0.562. The Morgan fingerprint density at radius 2 is 1.79 bits per heavy atom. The Hall–Kier alpha value is -3.20. The first kappa shape index (κ1) is 20.5. The summed E-state index contributed by atoms with van der Waals surface area (Å²) in [6.07, 6.45) is 1.50. The first-order chi connectivity index (χ1) is 13.6. The molecule has 4 rings (SSSR count). The number of fused-ring (bicyclic) bond motifs is 1. The molecule has 10 heteroatoms. The third-order valence-electron chi connectivity index (χ3n) is 4.80. The van der Waals surface area contributed by atoms with E-state index in [0.29, 0.717) is 66.1 Å². The van der Waals surface area contributed by atoms with Crippen LogP contribution in [0.4, 0.5) is 11.8 Å². The van der Waals surface area contributed by atoms with Gasteiger partial charge in [0.25, 0.3) is 5.91 Å². The van der Waals surface area contributed by atoms with Gasteiger partial charge >= 0.3 is 0 Å². The average Bonchev–Trinajstić information content (AvgIpc) is 3.27. The van der Waals surface area contributed by atoms with E-state index in [-0.39, 0.29) is 18.3 Å². The Morgan fingerprint density at radius 1 is 1.10 bits per heavy atom. The summed E-state index contributed by atoms with van der Waals surface area (Å²) in [5, 5.41) is 0.702. The molecular formula is C19H21ClN5O4-. The van der Waals surface area contributed by atoms with Crippen molar-refractivity contribution in [3.05, 3.63) is 36.3 Å². The highest BCUT2D eigenvalue weighted by molar-refractivity contribution is 5.92. The molecular weight excluding hydrogens is 398 g/mol. The van der Waals surface area contributed by atoms with Crippen LogP contribution in [0.15, 0.2) is 34.9 Å². The monoisotopic (exact) mass is 418 g/mol. The zero-order valence-corrected chi connectivity index (χ0v) is 16.8. The zero-order chi connectivity index (χ0) is 19.7. The van der Waals surface area contributed by atoms with Gasteiger partial charge in [0.15, 0.2) is 17.3 Å². The van der Waals surface area contributed by atoms with E-state index in [1.54, 1.807) is 43.4 Å². The fourth-order valence-corrected chi connectivity index (χ4v) is 3.27. The molecule has 0 spiro atoms. The molecule has 29 heavy (non-hydrogen) atoms. The third-order valence-corrected chi connectivity index (χ3v) is 4.80. The third kappa shape index (κ3) is 3.86. The van der Waals surface area contributed by atoms with Gasteiger partial charge < -0.3 is 41.8 Å². The van der Waals surface area contributed by atoms with Crippen LogP contribution in [-0.4, -0.2) is 61.2 Å². The van der Waals surface area contributed by atoms with Crippen molar-refractivity contribution in [3.63, 3.8) is 0 Å². The van der Waals surface area contributed by atoms with Gasteiger partial charge in [0.05, 0.1) is 26.0 Å². The number of benzene rings is 1. The normalized spacial score (nSPS) is 13.9. The van der Waals surface area contributed by atoms with Gasteiger partial charge in [-0.1, -0.05) is 0 Å². The summed E-state index contributed by atoms with van der Waals surface area (Å²) in [5.74, 6) is 2.29. The first-order valence-electron chi connectivity index (χ1n) is 8.87. The van der Waals surface area contributed by atoms with Crippen LogP contribution < -0.4 is 32.5 Å². The van der Waals surface area contributed by atoms with Crippen molar-refractivity contribution >= 4 is 28.6 Å². The smallest absolute Gasteiger partial charge is 0.289 e. The van der Waals surface area contributed by atoms with E-state index in [9.17, 15) is 4.79 Å². The maximum absolute atomic E-state index is 12.4. The van der Waals surface area contributed by atoms with Gasteiger partial charge in [-0.05, 0) is 18.2 Å². The number of ether oxygens (including phenoxy) is 2. The molecule has 3 heterocycles. The Labute approximate surface area is 173 Å². The van der Waals surface area contributed by atoms with Crippen LogP contribution in [0.2, 0.25) is 0 Å². The fraction of sp³-hybridized carbons (Fsp3) is 0.316. The lowest BCUT2D eigenvalue weighted by Gasteiger charge is -2.34. The number of hydrogen-bond acceptors (Lipinski definition) is 8. The summed E-state index contributed by atoms with van der Waals surface area (Å²) in [5.41, 5.74) is 6.84. The van der Waals surface area contributed by atoms with Gasteiger partial charge in [0, 0.05) is 37.6 Å². The van der Waals surface area contributed by atoms with Gasteiger partial charge in [0.2, 0.25) is 5.95 Å². The van der Waals surface area contributed by atoms with E-state index in [1.807, 2.05) is 4.90 Å². The van der Waals surface area contributed by atoms with Crippen LogP contribution in [0.3, 0.4) is 0 Å². The van der Waals surface area contributed by atoms with Crippen molar-refractivity contribution in [3.8, 4) is 11.5 Å². The number of nitrogens with zero attached hydrogens (tertiary/aromatic N) is 4. The molecule has 3 aromatic rings. The van der Waals surface area contributed by atoms with Crippen LogP contribution in [0.1, 0.15) is 10.6 Å². The SMILES string of the molecule is COc1cc2nc(N3CCN(C(=O)c4ccco4)CC3)nc(N)c2cc1OC.[Cl-]. The molecule has 0 bridgehead atoms. The number of furan rings is 1. The van der Waals surface area contributed by atoms with Crippen molar-refractivity contribution in [2.45, 2.75) is 0 Å². The second-order valence-corrected chi connectivity index (χ2v) is 6.39. The second kappa shape index (κ2) is 8.44. The number of anilines is 2. The number of nitrogen functional groups attached to an aromatic ring is 1. The lowest BCUT2D eigenvalue weighted by atomic mass is 10.2. The number of amides is 1. The minimum absolute atomic E-state index is 0. The molecule has 154 valence electrons. The molecule has 1 aromatic carbocycles. The summed E-state index contributed by atoms with van der Waals surface area (Å²) in [6, 6.07) is 6.93. The first-order valence-corrected chi connectivity index (χ1v) is 8.87. The number of piperazine rings is 1. The number of halogens is 1. The summed E-state index contributed by atoms with van der Waals surface area (Å²) in [6.45, 7) is 2.30. The molecule has 2 aromatic heterocycles. The van der Waals surface area contributed by atoms with E-state index in [1.165, 1.54) is 6.26 Å². The largest absolute Gasteiger partial charge is 1.00 e. The van der Waals surface area contributed by atoms with Crippen LogP contribution in [0.25, 0.3) is 10.9 Å². The zero-order valence-electron chi connectivity index (χ0n) is 16.1. The van der Waals surface area contributed by atoms with E-state index in [2.05, 4.69) is 9.97 Å². The average molecular weight is 419 g/mol. The van der Waals surface area contributed by atoms with E-state index < -0.39 is 0 Å². The Bertz CT molecular complexity index is 1000. The van der Waals surface area contributed by atoms with Gasteiger partial charge in [0.1, 0.15) is 5.82 Å². The number of aromatic nitrogens is 2. The molecule has 0 unspecified atom stereocenters. The van der Waals surface area contributed by atoms with Crippen LogP contribution in [0, 0.1) is 0 Å². The molecule has 1 aliphatic heterocycles. The molecule has 2 N–H and O–H groups in total. The highest BCUT2D eigenvalue weighted by atomic mass is 35.5. The molecule has 9 nitrogen and oxygen atoms in total. The predicted molar refractivity (Wildman–Crippen MR) is 104 cm³/mol. The molecule has 1 amide bonds. The fourth-order valence-electron chi connectivity index (χ4n) is 3.27. The molecule has 0 atom stereocenters. The summed E-state index contributed by atoms with van der Waals surface area (Å²) in [7, 11) is 3.14. The van der Waals surface area contributed by atoms with Gasteiger partial charge in [-0.3, -0.25) is 4.79 Å². The minimum atomic E-state index is -0.111. The highest BCUT2D eigenvalue weighted by Crippen LogP contribution is 2.34. The number of rotatable bonds is 4.